The zero-order chi connectivity index (χ0) is 16.3. The number of rotatable bonds is 1. The second-order valence-corrected chi connectivity index (χ2v) is 6.29. The van der Waals surface area contributed by atoms with Gasteiger partial charge in [-0.2, -0.15) is 4.57 Å². The Balaban J connectivity index is 0.000000160. The molecule has 1 heterocycles. The molecule has 0 bridgehead atoms. The molecule has 0 spiro atoms. The van der Waals surface area contributed by atoms with Gasteiger partial charge in [0.1, 0.15) is 17.2 Å². The van der Waals surface area contributed by atoms with Crippen molar-refractivity contribution in [3.63, 3.8) is 0 Å². The molecule has 0 unspecified atom stereocenters. The normalized spacial score (nSPS) is 11.1. The lowest BCUT2D eigenvalue weighted by molar-refractivity contribution is -0.657. The zero-order valence-electron chi connectivity index (χ0n) is 12.6. The number of hydrogen-bond acceptors (Lipinski definition) is 4. The summed E-state index contributed by atoms with van der Waals surface area (Å²) in [4.78, 5) is -0.178. The summed E-state index contributed by atoms with van der Waals surface area (Å²) in [6, 6.07) is 13.8. The summed E-state index contributed by atoms with van der Waals surface area (Å²) in [5.74, 6) is 0.936. The first kappa shape index (κ1) is 16.2. The third-order valence-corrected chi connectivity index (χ3v) is 4.12. The van der Waals surface area contributed by atoms with Crippen molar-refractivity contribution in [2.45, 2.75) is 18.7 Å². The summed E-state index contributed by atoms with van der Waals surface area (Å²) in [6.45, 7) is 3.78. The number of aryl methyl sites for hydroxylation is 3. The fourth-order valence-corrected chi connectivity index (χ4v) is 2.39. The van der Waals surface area contributed by atoms with Gasteiger partial charge in [0.25, 0.3) is 5.52 Å². The smallest absolute Gasteiger partial charge is 0.344 e. The Hall–Kier alpha value is -2.18. The fourth-order valence-electron chi connectivity index (χ4n) is 1.92. The lowest BCUT2D eigenvalue weighted by Crippen LogP contribution is -2.28. The van der Waals surface area contributed by atoms with Crippen LogP contribution >= 0.6 is 0 Å². The highest BCUT2D eigenvalue weighted by Crippen LogP contribution is 2.11. The maximum atomic E-state index is 10.4. The number of oxazole rings is 1. The van der Waals surface area contributed by atoms with Crippen molar-refractivity contribution in [2.75, 3.05) is 0 Å². The van der Waals surface area contributed by atoms with Gasteiger partial charge in [-0.15, -0.1) is 0 Å². The summed E-state index contributed by atoms with van der Waals surface area (Å²) < 4.78 is 38.7. The third kappa shape index (κ3) is 3.72. The van der Waals surface area contributed by atoms with E-state index in [0.717, 1.165) is 22.6 Å². The number of hydrogen-bond donors (Lipinski definition) is 0. The average molecular weight is 319 g/mol. The van der Waals surface area contributed by atoms with Crippen molar-refractivity contribution in [3.8, 4) is 0 Å². The van der Waals surface area contributed by atoms with Crippen molar-refractivity contribution in [2.24, 2.45) is 7.05 Å². The highest BCUT2D eigenvalue weighted by molar-refractivity contribution is 7.85. The van der Waals surface area contributed by atoms with Crippen LogP contribution in [-0.4, -0.2) is 13.0 Å². The van der Waals surface area contributed by atoms with E-state index in [2.05, 4.69) is 0 Å². The van der Waals surface area contributed by atoms with Gasteiger partial charge >= 0.3 is 5.89 Å². The molecule has 0 atom stereocenters. The molecule has 5 nitrogen and oxygen atoms in total. The first-order chi connectivity index (χ1) is 10.3. The molecule has 0 saturated carbocycles. The highest BCUT2D eigenvalue weighted by atomic mass is 32.2. The van der Waals surface area contributed by atoms with E-state index in [9.17, 15) is 13.0 Å². The lowest BCUT2D eigenvalue weighted by Gasteiger charge is -2.05. The number of benzene rings is 2. The minimum atomic E-state index is -4.27. The molecule has 3 aromatic rings. The second kappa shape index (κ2) is 6.29. The van der Waals surface area contributed by atoms with Crippen LogP contribution in [0, 0.1) is 13.8 Å². The van der Waals surface area contributed by atoms with Crippen LogP contribution in [0.2, 0.25) is 0 Å². The Morgan fingerprint density at radius 2 is 1.59 bits per heavy atom. The van der Waals surface area contributed by atoms with Crippen molar-refractivity contribution in [1.29, 1.82) is 0 Å². The highest BCUT2D eigenvalue weighted by Gasteiger charge is 2.12. The molecule has 0 amide bonds. The minimum absolute atomic E-state index is 0.178. The Kier molecular flexibility index (Phi) is 4.63. The molecule has 1 aromatic heterocycles. The van der Waals surface area contributed by atoms with Crippen LogP contribution in [0.15, 0.2) is 57.8 Å². The van der Waals surface area contributed by atoms with Gasteiger partial charge in [-0.1, -0.05) is 29.8 Å². The van der Waals surface area contributed by atoms with Gasteiger partial charge in [-0.25, -0.2) is 8.42 Å². The van der Waals surface area contributed by atoms with Crippen LogP contribution in [0.3, 0.4) is 0 Å². The topological polar surface area (TPSA) is 74.2 Å². The van der Waals surface area contributed by atoms with Crippen LogP contribution in [0.1, 0.15) is 11.5 Å². The predicted octanol–water partition coefficient (Wildman–Crippen LogP) is 2.46. The van der Waals surface area contributed by atoms with E-state index in [4.69, 9.17) is 4.42 Å². The van der Waals surface area contributed by atoms with E-state index in [1.54, 1.807) is 12.1 Å². The molecule has 6 heteroatoms. The van der Waals surface area contributed by atoms with Gasteiger partial charge < -0.3 is 8.97 Å². The average Bonchev–Trinajstić information content (AvgIpc) is 2.75. The standard InChI is InChI=1S/C9H10NO.C7H8O3S/c1-7-10(2)8-5-3-4-6-9(8)11-7;1-6-2-4-7(5-3-6)11(8,9)10/h3-6H,1-2H3;2-5H,1H3,(H,8,9,10)/q+1;/p-1. The summed E-state index contributed by atoms with van der Waals surface area (Å²) in [5, 5.41) is 0. The van der Waals surface area contributed by atoms with Gasteiger partial charge in [-0.05, 0) is 25.1 Å². The molecule has 0 fully saturated rings. The van der Waals surface area contributed by atoms with E-state index in [0.29, 0.717) is 0 Å². The molecule has 0 aliphatic heterocycles. The molecule has 2 aromatic carbocycles. The fraction of sp³-hybridized carbons (Fsp3) is 0.188. The van der Waals surface area contributed by atoms with Crippen LogP contribution in [0.25, 0.3) is 11.1 Å². The number of fused-ring (bicyclic) bond motifs is 1. The van der Waals surface area contributed by atoms with Gasteiger partial charge in [0.05, 0.1) is 11.8 Å². The van der Waals surface area contributed by atoms with Crippen molar-refractivity contribution in [1.82, 2.24) is 0 Å². The molecular weight excluding hydrogens is 302 g/mol. The molecule has 0 aliphatic carbocycles. The van der Waals surface area contributed by atoms with Gasteiger partial charge in [0, 0.05) is 6.07 Å². The van der Waals surface area contributed by atoms with E-state index in [-0.39, 0.29) is 4.90 Å². The predicted molar refractivity (Wildman–Crippen MR) is 81.3 cm³/mol. The van der Waals surface area contributed by atoms with Gasteiger partial charge in [0.15, 0.2) is 0 Å². The summed E-state index contributed by atoms with van der Waals surface area (Å²) in [7, 11) is -2.27. The van der Waals surface area contributed by atoms with Crippen LogP contribution < -0.4 is 4.57 Å². The first-order valence-electron chi connectivity index (χ1n) is 6.66. The van der Waals surface area contributed by atoms with Gasteiger partial charge in [0.2, 0.25) is 5.58 Å². The van der Waals surface area contributed by atoms with E-state index in [1.165, 1.54) is 12.1 Å². The van der Waals surface area contributed by atoms with Crippen molar-refractivity contribution in [3.05, 3.63) is 60.0 Å². The molecular formula is C16H17NO4S. The number of aromatic nitrogens is 1. The number of nitrogens with zero attached hydrogens (tertiary/aromatic N) is 1. The Morgan fingerprint density at radius 1 is 1.00 bits per heavy atom. The largest absolute Gasteiger partial charge is 0.744 e. The lowest BCUT2D eigenvalue weighted by atomic mass is 10.2. The van der Waals surface area contributed by atoms with E-state index < -0.39 is 10.1 Å². The molecule has 116 valence electrons. The molecule has 0 radical (unpaired) electrons. The monoisotopic (exact) mass is 319 g/mol. The van der Waals surface area contributed by atoms with E-state index >= 15 is 0 Å². The Morgan fingerprint density at radius 3 is 2.14 bits per heavy atom. The van der Waals surface area contributed by atoms with Gasteiger partial charge in [-0.3, -0.25) is 0 Å². The summed E-state index contributed by atoms with van der Waals surface area (Å²) in [5.41, 5.74) is 3.02. The molecule has 0 aliphatic rings. The van der Waals surface area contributed by atoms with Crippen molar-refractivity contribution < 1.29 is 22.0 Å². The SMILES string of the molecule is Cc1ccc(S(=O)(=O)[O-])cc1.Cc1oc2ccccc2[n+]1C. The van der Waals surface area contributed by atoms with Crippen LogP contribution in [-0.2, 0) is 17.2 Å². The molecule has 0 N–H and O–H groups in total. The van der Waals surface area contributed by atoms with Crippen LogP contribution in [0.5, 0.6) is 0 Å². The summed E-state index contributed by atoms with van der Waals surface area (Å²) >= 11 is 0. The second-order valence-electron chi connectivity index (χ2n) is 4.91. The first-order valence-corrected chi connectivity index (χ1v) is 8.06. The Labute approximate surface area is 129 Å². The van der Waals surface area contributed by atoms with Crippen molar-refractivity contribution >= 4 is 21.2 Å². The maximum absolute atomic E-state index is 10.4. The quantitative estimate of drug-likeness (QED) is 0.510. The molecule has 22 heavy (non-hydrogen) atoms. The number of para-hydroxylation sites is 2. The Bertz CT molecular complexity index is 880. The third-order valence-electron chi connectivity index (χ3n) is 3.27. The maximum Gasteiger partial charge on any atom is 0.344 e. The summed E-state index contributed by atoms with van der Waals surface area (Å²) in [6.07, 6.45) is 0. The minimum Gasteiger partial charge on any atom is -0.744 e. The van der Waals surface area contributed by atoms with E-state index in [1.807, 2.05) is 49.7 Å². The molecule has 3 rings (SSSR count). The zero-order valence-corrected chi connectivity index (χ0v) is 13.4. The van der Waals surface area contributed by atoms with Crippen LogP contribution in [0.4, 0.5) is 0 Å². The molecule has 0 saturated heterocycles.